The third kappa shape index (κ3) is 3.08. The third-order valence-electron chi connectivity index (χ3n) is 2.41. The van der Waals surface area contributed by atoms with Gasteiger partial charge >= 0.3 is 5.97 Å². The molecule has 94 valence electrons. The van der Waals surface area contributed by atoms with Crippen molar-refractivity contribution in [2.24, 2.45) is 0 Å². The van der Waals surface area contributed by atoms with Crippen LogP contribution in [0.1, 0.15) is 16.1 Å². The minimum atomic E-state index is -0.946. The summed E-state index contributed by atoms with van der Waals surface area (Å²) in [5.74, 6) is -0.946. The maximum absolute atomic E-state index is 11.2. The van der Waals surface area contributed by atoms with Crippen LogP contribution in [0, 0.1) is 0 Å². The Labute approximate surface area is 117 Å². The SMILES string of the molecule is O=C(O)c1c(Br)cccc1NCCc1cscn1. The molecule has 4 nitrogen and oxygen atoms in total. The fourth-order valence-electron chi connectivity index (χ4n) is 1.58. The van der Waals surface area contributed by atoms with Crippen molar-refractivity contribution in [1.82, 2.24) is 4.98 Å². The smallest absolute Gasteiger partial charge is 0.338 e. The Morgan fingerprint density at radius 1 is 1.50 bits per heavy atom. The van der Waals surface area contributed by atoms with Crippen molar-refractivity contribution >= 4 is 38.9 Å². The first-order valence-electron chi connectivity index (χ1n) is 5.31. The number of carbonyl (C=O) groups is 1. The summed E-state index contributed by atoms with van der Waals surface area (Å²) in [6.07, 6.45) is 0.773. The van der Waals surface area contributed by atoms with Crippen LogP contribution >= 0.6 is 27.3 Å². The second kappa shape index (κ2) is 5.97. The Balaban J connectivity index is 2.05. The Morgan fingerprint density at radius 3 is 3.00 bits per heavy atom. The lowest BCUT2D eigenvalue weighted by Gasteiger charge is -2.10. The van der Waals surface area contributed by atoms with E-state index in [9.17, 15) is 4.79 Å². The van der Waals surface area contributed by atoms with Crippen molar-refractivity contribution in [2.45, 2.75) is 6.42 Å². The normalized spacial score (nSPS) is 10.3. The number of thiazole rings is 1. The van der Waals surface area contributed by atoms with Crippen LogP contribution < -0.4 is 5.32 Å². The van der Waals surface area contributed by atoms with Gasteiger partial charge in [-0.1, -0.05) is 6.07 Å². The average molecular weight is 327 g/mol. The summed E-state index contributed by atoms with van der Waals surface area (Å²) in [5.41, 5.74) is 3.68. The number of anilines is 1. The highest BCUT2D eigenvalue weighted by atomic mass is 79.9. The van der Waals surface area contributed by atoms with Gasteiger partial charge < -0.3 is 10.4 Å². The van der Waals surface area contributed by atoms with Crippen LogP contribution in [0.3, 0.4) is 0 Å². The minimum Gasteiger partial charge on any atom is -0.478 e. The molecule has 1 aromatic heterocycles. The quantitative estimate of drug-likeness (QED) is 0.885. The van der Waals surface area contributed by atoms with Crippen LogP contribution in [0.2, 0.25) is 0 Å². The van der Waals surface area contributed by atoms with Crippen molar-refractivity contribution < 1.29 is 9.90 Å². The lowest BCUT2D eigenvalue weighted by molar-refractivity contribution is 0.0697. The number of rotatable bonds is 5. The van der Waals surface area contributed by atoms with E-state index in [1.54, 1.807) is 29.0 Å². The van der Waals surface area contributed by atoms with Gasteiger partial charge in [0.25, 0.3) is 0 Å². The van der Waals surface area contributed by atoms with E-state index >= 15 is 0 Å². The third-order valence-corrected chi connectivity index (χ3v) is 3.70. The Kier molecular flexibility index (Phi) is 4.33. The molecule has 0 radical (unpaired) electrons. The zero-order valence-electron chi connectivity index (χ0n) is 9.39. The van der Waals surface area contributed by atoms with E-state index in [1.165, 1.54) is 0 Å². The highest BCUT2D eigenvalue weighted by molar-refractivity contribution is 9.10. The van der Waals surface area contributed by atoms with Gasteiger partial charge in [0.15, 0.2) is 0 Å². The number of hydrogen-bond acceptors (Lipinski definition) is 4. The van der Waals surface area contributed by atoms with E-state index in [2.05, 4.69) is 26.2 Å². The van der Waals surface area contributed by atoms with Gasteiger partial charge in [0.05, 0.1) is 16.8 Å². The molecule has 6 heteroatoms. The minimum absolute atomic E-state index is 0.260. The molecule has 2 rings (SSSR count). The average Bonchev–Trinajstić information content (AvgIpc) is 2.81. The fourth-order valence-corrected chi connectivity index (χ4v) is 2.70. The van der Waals surface area contributed by atoms with Crippen LogP contribution in [0.4, 0.5) is 5.69 Å². The molecule has 0 fully saturated rings. The van der Waals surface area contributed by atoms with E-state index in [1.807, 2.05) is 11.4 Å². The van der Waals surface area contributed by atoms with Crippen LogP contribution in [0.15, 0.2) is 33.6 Å². The number of nitrogens with one attached hydrogen (secondary N) is 1. The first kappa shape index (κ1) is 13.0. The van der Waals surface area contributed by atoms with E-state index in [0.29, 0.717) is 16.7 Å². The van der Waals surface area contributed by atoms with Gasteiger partial charge in [-0.3, -0.25) is 0 Å². The molecule has 1 heterocycles. The lowest BCUT2D eigenvalue weighted by atomic mass is 10.1. The molecule has 0 aliphatic heterocycles. The van der Waals surface area contributed by atoms with Crippen molar-refractivity contribution in [3.05, 3.63) is 44.8 Å². The molecule has 0 saturated carbocycles. The topological polar surface area (TPSA) is 62.2 Å². The Morgan fingerprint density at radius 2 is 2.33 bits per heavy atom. The Bertz CT molecular complexity index is 543. The van der Waals surface area contributed by atoms with Crippen LogP contribution in [-0.2, 0) is 6.42 Å². The number of carboxylic acid groups (broad SMARTS) is 1. The molecular weight excluding hydrogens is 316 g/mol. The number of nitrogens with zero attached hydrogens (tertiary/aromatic N) is 1. The maximum Gasteiger partial charge on any atom is 0.338 e. The summed E-state index contributed by atoms with van der Waals surface area (Å²) in [6.45, 7) is 0.653. The summed E-state index contributed by atoms with van der Waals surface area (Å²) in [6, 6.07) is 5.28. The summed E-state index contributed by atoms with van der Waals surface area (Å²) in [4.78, 5) is 15.3. The number of hydrogen-bond donors (Lipinski definition) is 2. The number of halogens is 1. The molecular formula is C12H11BrN2O2S. The second-order valence-electron chi connectivity index (χ2n) is 3.62. The second-order valence-corrected chi connectivity index (χ2v) is 5.20. The van der Waals surface area contributed by atoms with E-state index in [0.717, 1.165) is 12.1 Å². The largest absolute Gasteiger partial charge is 0.478 e. The maximum atomic E-state index is 11.2. The van der Waals surface area contributed by atoms with Gasteiger partial charge in [0.1, 0.15) is 0 Å². The molecule has 0 aliphatic carbocycles. The van der Waals surface area contributed by atoms with E-state index < -0.39 is 5.97 Å². The molecule has 0 saturated heterocycles. The molecule has 0 unspecified atom stereocenters. The number of aromatic carboxylic acids is 1. The highest BCUT2D eigenvalue weighted by Gasteiger charge is 2.13. The molecule has 0 amide bonds. The van der Waals surface area contributed by atoms with Crippen LogP contribution in [0.5, 0.6) is 0 Å². The summed E-state index contributed by atoms with van der Waals surface area (Å²) in [5, 5.41) is 14.3. The standard InChI is InChI=1S/C12H11BrN2O2S/c13-9-2-1-3-10(11(9)12(16)17)14-5-4-8-6-18-7-15-8/h1-3,6-7,14H,4-5H2,(H,16,17). The fraction of sp³-hybridized carbons (Fsp3) is 0.167. The molecule has 2 N–H and O–H groups in total. The van der Waals surface area contributed by atoms with Crippen LogP contribution in [-0.4, -0.2) is 22.6 Å². The summed E-state index contributed by atoms with van der Waals surface area (Å²) in [7, 11) is 0. The monoisotopic (exact) mass is 326 g/mol. The summed E-state index contributed by atoms with van der Waals surface area (Å²) < 4.78 is 0.577. The zero-order valence-corrected chi connectivity index (χ0v) is 11.8. The molecule has 18 heavy (non-hydrogen) atoms. The van der Waals surface area contributed by atoms with Crippen molar-refractivity contribution in [2.75, 3.05) is 11.9 Å². The lowest BCUT2D eigenvalue weighted by Crippen LogP contribution is -2.10. The molecule has 0 atom stereocenters. The molecule has 1 aromatic carbocycles. The van der Waals surface area contributed by atoms with Gasteiger partial charge in [0, 0.05) is 28.5 Å². The van der Waals surface area contributed by atoms with Gasteiger partial charge in [-0.2, -0.15) is 0 Å². The van der Waals surface area contributed by atoms with Gasteiger partial charge in [-0.15, -0.1) is 11.3 Å². The molecule has 0 aliphatic rings. The summed E-state index contributed by atoms with van der Waals surface area (Å²) >= 11 is 4.80. The highest BCUT2D eigenvalue weighted by Crippen LogP contribution is 2.24. The zero-order chi connectivity index (χ0) is 13.0. The first-order valence-corrected chi connectivity index (χ1v) is 7.05. The molecule has 0 spiro atoms. The van der Waals surface area contributed by atoms with Gasteiger partial charge in [-0.05, 0) is 28.1 Å². The van der Waals surface area contributed by atoms with Crippen molar-refractivity contribution in [3.63, 3.8) is 0 Å². The van der Waals surface area contributed by atoms with Crippen molar-refractivity contribution in [3.8, 4) is 0 Å². The number of carboxylic acids is 1. The first-order chi connectivity index (χ1) is 8.68. The van der Waals surface area contributed by atoms with E-state index in [4.69, 9.17) is 5.11 Å². The van der Waals surface area contributed by atoms with E-state index in [-0.39, 0.29) is 5.56 Å². The molecule has 0 bridgehead atoms. The van der Waals surface area contributed by atoms with Crippen molar-refractivity contribution in [1.29, 1.82) is 0 Å². The molecule has 2 aromatic rings. The van der Waals surface area contributed by atoms with Crippen LogP contribution in [0.25, 0.3) is 0 Å². The van der Waals surface area contributed by atoms with Gasteiger partial charge in [0.2, 0.25) is 0 Å². The Hall–Kier alpha value is -1.40. The number of benzene rings is 1. The predicted molar refractivity (Wildman–Crippen MR) is 75.4 cm³/mol. The predicted octanol–water partition coefficient (Wildman–Crippen LogP) is 3.26. The van der Waals surface area contributed by atoms with Gasteiger partial charge in [-0.25, -0.2) is 9.78 Å². The number of aromatic nitrogens is 1.